The van der Waals surface area contributed by atoms with E-state index in [4.69, 9.17) is 0 Å². The van der Waals surface area contributed by atoms with Crippen molar-refractivity contribution in [3.8, 4) is 0 Å². The third-order valence-electron chi connectivity index (χ3n) is 4.37. The molecule has 116 valence electrons. The number of likely N-dealkylation sites (tertiary alicyclic amines) is 1. The second-order valence-electron chi connectivity index (χ2n) is 6.06. The van der Waals surface area contributed by atoms with E-state index in [0.29, 0.717) is 18.4 Å². The van der Waals surface area contributed by atoms with E-state index in [-0.39, 0.29) is 5.91 Å². The first kappa shape index (κ1) is 14.8. The van der Waals surface area contributed by atoms with Crippen LogP contribution < -0.4 is 10.6 Å². The fourth-order valence-corrected chi connectivity index (χ4v) is 4.12. The number of nitrogens with zero attached hydrogens (tertiary/aromatic N) is 2. The SMILES string of the molecule is CCCNc1ncc(CN2CCC3NC(=O)CCC3C2)s1. The van der Waals surface area contributed by atoms with E-state index in [1.54, 1.807) is 11.3 Å². The Morgan fingerprint density at radius 1 is 1.52 bits per heavy atom. The lowest BCUT2D eigenvalue weighted by atomic mass is 9.85. The Morgan fingerprint density at radius 3 is 3.29 bits per heavy atom. The first-order valence-electron chi connectivity index (χ1n) is 7.95. The number of carbonyl (C=O) groups is 1. The Labute approximate surface area is 130 Å². The molecule has 2 atom stereocenters. The molecule has 0 aromatic carbocycles. The maximum Gasteiger partial charge on any atom is 0.220 e. The third-order valence-corrected chi connectivity index (χ3v) is 5.31. The molecule has 2 aliphatic heterocycles. The number of fused-ring (bicyclic) bond motifs is 1. The topological polar surface area (TPSA) is 57.3 Å². The lowest BCUT2D eigenvalue weighted by Crippen LogP contribution is -2.53. The van der Waals surface area contributed by atoms with Crippen LogP contribution >= 0.6 is 11.3 Å². The third kappa shape index (κ3) is 3.74. The van der Waals surface area contributed by atoms with Gasteiger partial charge in [-0.25, -0.2) is 4.98 Å². The van der Waals surface area contributed by atoms with Crippen LogP contribution in [0.25, 0.3) is 0 Å². The Hall–Kier alpha value is -1.14. The van der Waals surface area contributed by atoms with Gasteiger partial charge in [0, 0.05) is 49.7 Å². The van der Waals surface area contributed by atoms with Crippen molar-refractivity contribution < 1.29 is 4.79 Å². The number of hydrogen-bond acceptors (Lipinski definition) is 5. The molecule has 2 N–H and O–H groups in total. The first-order valence-corrected chi connectivity index (χ1v) is 8.76. The van der Waals surface area contributed by atoms with Crippen molar-refractivity contribution in [1.29, 1.82) is 0 Å². The van der Waals surface area contributed by atoms with Crippen LogP contribution in [0.4, 0.5) is 5.13 Å². The molecule has 0 bridgehead atoms. The second kappa shape index (κ2) is 6.75. The van der Waals surface area contributed by atoms with E-state index in [9.17, 15) is 4.79 Å². The van der Waals surface area contributed by atoms with Gasteiger partial charge < -0.3 is 10.6 Å². The summed E-state index contributed by atoms with van der Waals surface area (Å²) >= 11 is 1.76. The van der Waals surface area contributed by atoms with Gasteiger partial charge in [0.05, 0.1) is 0 Å². The monoisotopic (exact) mass is 308 g/mol. The molecule has 2 aliphatic rings. The van der Waals surface area contributed by atoms with E-state index < -0.39 is 0 Å². The molecule has 1 aromatic heterocycles. The molecule has 1 aromatic rings. The van der Waals surface area contributed by atoms with Crippen molar-refractivity contribution in [1.82, 2.24) is 15.2 Å². The van der Waals surface area contributed by atoms with Gasteiger partial charge in [0.1, 0.15) is 0 Å². The van der Waals surface area contributed by atoms with Crippen LogP contribution in [-0.2, 0) is 11.3 Å². The van der Waals surface area contributed by atoms with Crippen molar-refractivity contribution >= 4 is 22.4 Å². The number of anilines is 1. The summed E-state index contributed by atoms with van der Waals surface area (Å²) in [5.41, 5.74) is 0. The molecule has 2 saturated heterocycles. The highest BCUT2D eigenvalue weighted by molar-refractivity contribution is 7.15. The van der Waals surface area contributed by atoms with Gasteiger partial charge in [-0.1, -0.05) is 6.92 Å². The Morgan fingerprint density at radius 2 is 2.43 bits per heavy atom. The number of hydrogen-bond donors (Lipinski definition) is 2. The lowest BCUT2D eigenvalue weighted by molar-refractivity contribution is -0.125. The van der Waals surface area contributed by atoms with Crippen LogP contribution in [0, 0.1) is 5.92 Å². The minimum atomic E-state index is 0.235. The van der Waals surface area contributed by atoms with Crippen molar-refractivity contribution in [2.75, 3.05) is 25.0 Å². The van der Waals surface area contributed by atoms with E-state index >= 15 is 0 Å². The summed E-state index contributed by atoms with van der Waals surface area (Å²) in [6.45, 7) is 6.30. The van der Waals surface area contributed by atoms with Crippen molar-refractivity contribution in [2.45, 2.75) is 45.2 Å². The summed E-state index contributed by atoms with van der Waals surface area (Å²) in [6, 6.07) is 0.408. The predicted molar refractivity (Wildman–Crippen MR) is 85.4 cm³/mol. The largest absolute Gasteiger partial charge is 0.362 e. The zero-order valence-corrected chi connectivity index (χ0v) is 13.4. The van der Waals surface area contributed by atoms with Crippen molar-refractivity contribution in [3.05, 3.63) is 11.1 Å². The molecule has 5 nitrogen and oxygen atoms in total. The molecule has 2 unspecified atom stereocenters. The number of rotatable bonds is 5. The van der Waals surface area contributed by atoms with Crippen LogP contribution in [0.3, 0.4) is 0 Å². The zero-order chi connectivity index (χ0) is 14.7. The number of aromatic nitrogens is 1. The molecule has 3 heterocycles. The van der Waals surface area contributed by atoms with E-state index in [1.807, 2.05) is 6.20 Å². The van der Waals surface area contributed by atoms with Gasteiger partial charge in [-0.3, -0.25) is 9.69 Å². The maximum atomic E-state index is 11.4. The maximum absolute atomic E-state index is 11.4. The number of amides is 1. The van der Waals surface area contributed by atoms with Gasteiger partial charge in [0.25, 0.3) is 0 Å². The Kier molecular flexibility index (Phi) is 4.75. The number of thiazole rings is 1. The van der Waals surface area contributed by atoms with Crippen LogP contribution in [0.15, 0.2) is 6.20 Å². The molecule has 6 heteroatoms. The fraction of sp³-hybridized carbons (Fsp3) is 0.733. The van der Waals surface area contributed by atoms with Crippen molar-refractivity contribution in [3.63, 3.8) is 0 Å². The van der Waals surface area contributed by atoms with Crippen LogP contribution in [-0.4, -0.2) is 41.5 Å². The predicted octanol–water partition coefficient (Wildman–Crippen LogP) is 2.07. The van der Waals surface area contributed by atoms with Gasteiger partial charge in [0.2, 0.25) is 5.91 Å². The number of carbonyl (C=O) groups excluding carboxylic acids is 1. The van der Waals surface area contributed by atoms with E-state index in [1.165, 1.54) is 4.88 Å². The normalized spacial score (nSPS) is 26.2. The summed E-state index contributed by atoms with van der Waals surface area (Å²) in [5, 5.41) is 7.52. The average molecular weight is 308 g/mol. The summed E-state index contributed by atoms with van der Waals surface area (Å²) in [4.78, 5) is 19.7. The second-order valence-corrected chi connectivity index (χ2v) is 7.17. The van der Waals surface area contributed by atoms with Crippen LogP contribution in [0.1, 0.15) is 37.5 Å². The van der Waals surface area contributed by atoms with Gasteiger partial charge in [-0.2, -0.15) is 0 Å². The van der Waals surface area contributed by atoms with E-state index in [0.717, 1.165) is 50.6 Å². The Balaban J connectivity index is 1.52. The average Bonchev–Trinajstić information content (AvgIpc) is 2.93. The summed E-state index contributed by atoms with van der Waals surface area (Å²) < 4.78 is 0. The molecule has 21 heavy (non-hydrogen) atoms. The molecule has 0 spiro atoms. The molecular weight excluding hydrogens is 284 g/mol. The van der Waals surface area contributed by atoms with Gasteiger partial charge >= 0.3 is 0 Å². The van der Waals surface area contributed by atoms with Crippen molar-refractivity contribution in [2.24, 2.45) is 5.92 Å². The highest BCUT2D eigenvalue weighted by Crippen LogP contribution is 2.27. The quantitative estimate of drug-likeness (QED) is 0.874. The summed E-state index contributed by atoms with van der Waals surface area (Å²) in [6.07, 6.45) is 5.93. The molecule has 2 fully saturated rings. The van der Waals surface area contributed by atoms with Crippen LogP contribution in [0.5, 0.6) is 0 Å². The first-order chi connectivity index (χ1) is 10.2. The summed E-state index contributed by atoms with van der Waals surface area (Å²) in [7, 11) is 0. The molecule has 0 aliphatic carbocycles. The molecule has 1 amide bonds. The minimum Gasteiger partial charge on any atom is -0.362 e. The highest BCUT2D eigenvalue weighted by Gasteiger charge is 2.33. The smallest absolute Gasteiger partial charge is 0.220 e. The van der Waals surface area contributed by atoms with Gasteiger partial charge in [0.15, 0.2) is 5.13 Å². The van der Waals surface area contributed by atoms with E-state index in [2.05, 4.69) is 27.4 Å². The van der Waals surface area contributed by atoms with Crippen LogP contribution in [0.2, 0.25) is 0 Å². The number of nitrogens with one attached hydrogen (secondary N) is 2. The van der Waals surface area contributed by atoms with Gasteiger partial charge in [-0.05, 0) is 25.2 Å². The number of piperidine rings is 2. The molecular formula is C15H24N4OS. The highest BCUT2D eigenvalue weighted by atomic mass is 32.1. The summed E-state index contributed by atoms with van der Waals surface area (Å²) in [5.74, 6) is 0.862. The Bertz CT molecular complexity index is 490. The molecule has 0 saturated carbocycles. The fourth-order valence-electron chi connectivity index (χ4n) is 3.24. The minimum absolute atomic E-state index is 0.235. The zero-order valence-electron chi connectivity index (χ0n) is 12.6. The molecule has 3 rings (SSSR count). The van der Waals surface area contributed by atoms with Gasteiger partial charge in [-0.15, -0.1) is 11.3 Å². The lowest BCUT2D eigenvalue weighted by Gasteiger charge is -2.41. The molecule has 0 radical (unpaired) electrons. The standard InChI is InChI=1S/C15H24N4OS/c1-2-6-16-15-17-8-12(21-15)10-19-7-5-13-11(9-19)3-4-14(20)18-13/h8,11,13H,2-7,9-10H2,1H3,(H,16,17)(H,18,20).